The zero-order valence-corrected chi connectivity index (χ0v) is 25.8. The van der Waals surface area contributed by atoms with Gasteiger partial charge in [-0.3, -0.25) is 37.0 Å². The predicted octanol–water partition coefficient (Wildman–Crippen LogP) is 1.27. The quantitative estimate of drug-likeness (QED) is 0.145. The standard InChI is InChI=1S/C20H22F2N10O9P2S2/c21-8-7-2-37-42(34,35)40-12-6(39-18(9(12)22)31-4-27-10-14(23)25-3-26-15(10)31)1-38-43(36,44)41-13(8)19(45-7)32-5-28-11-16(32)29-20(24)30-17(11)33/h3-9,12-13,18-19H,1-2H2,(H,34,35)(H,36,44)(H2,23,25,26)(H3,24,29,30,33)/t6-,7-,8+,9+,12-,13-,18-,19-,43?/m1/s1. The van der Waals surface area contributed by atoms with Crippen LogP contribution in [-0.4, -0.2) is 93.1 Å². The van der Waals surface area contributed by atoms with Crippen LogP contribution in [0.25, 0.3) is 22.3 Å². The molecule has 0 spiro atoms. The van der Waals surface area contributed by atoms with Crippen LogP contribution in [0.5, 0.6) is 0 Å². The van der Waals surface area contributed by atoms with Crippen molar-refractivity contribution in [3.05, 3.63) is 29.3 Å². The summed E-state index contributed by atoms with van der Waals surface area (Å²) in [4.78, 5) is 45.2. The second kappa shape index (κ2) is 11.2. The molecule has 25 heteroatoms. The number of nitrogens with one attached hydrogen (secondary N) is 1. The third-order valence-corrected chi connectivity index (χ3v) is 11.4. The van der Waals surface area contributed by atoms with Crippen LogP contribution in [0.1, 0.15) is 11.6 Å². The number of rotatable bonds is 2. The Morgan fingerprint density at radius 3 is 2.56 bits per heavy atom. The number of nitrogens with zero attached hydrogens (tertiary/aromatic N) is 7. The average Bonchev–Trinajstić information content (AvgIpc) is 3.72. The number of thioether (sulfide) groups is 1. The highest BCUT2D eigenvalue weighted by Crippen LogP contribution is 2.61. The Labute approximate surface area is 258 Å². The first-order valence-electron chi connectivity index (χ1n) is 12.9. The number of phosphoric acid groups is 1. The maximum atomic E-state index is 15.9. The first-order valence-corrected chi connectivity index (χ1v) is 18.0. The SMILES string of the molecule is Nc1nc2c(ncn2[C@@H]2S[C@@H]3COP(=O)(O)O[C@H]4[C@H](F)[C@H](n5cnc6c(N)ncnc65)O[C@@H]4COP(=O)(S)O[C@@H]2[C@H]3F)c(=O)[nH]1. The molecular formula is C20H22F2N10O9P2S2. The largest absolute Gasteiger partial charge is 0.472 e. The summed E-state index contributed by atoms with van der Waals surface area (Å²) >= 11 is 4.83. The van der Waals surface area contributed by atoms with E-state index >= 15 is 8.78 Å². The minimum atomic E-state index is -5.09. The maximum absolute atomic E-state index is 15.9. The number of hydrogen-bond donors (Lipinski definition) is 5. The first-order chi connectivity index (χ1) is 21.3. The van der Waals surface area contributed by atoms with Crippen LogP contribution < -0.4 is 17.0 Å². The topological polar surface area (TPSA) is 260 Å². The second-order valence-corrected chi connectivity index (χ2v) is 15.7. The summed E-state index contributed by atoms with van der Waals surface area (Å²) in [5, 5.41) is -2.35. The van der Waals surface area contributed by atoms with Gasteiger partial charge in [0.05, 0.1) is 31.1 Å². The second-order valence-electron chi connectivity index (χ2n) is 10.0. The van der Waals surface area contributed by atoms with Crippen LogP contribution in [0.15, 0.2) is 23.8 Å². The number of fused-ring (bicyclic) bond motifs is 5. The lowest BCUT2D eigenvalue weighted by Crippen LogP contribution is -2.34. The Balaban J connectivity index is 1.21. The number of ether oxygens (including phenoxy) is 1. The van der Waals surface area contributed by atoms with E-state index < -0.39 is 80.9 Å². The third kappa shape index (κ3) is 5.53. The summed E-state index contributed by atoms with van der Waals surface area (Å²) in [6.45, 7) is -5.96. The predicted molar refractivity (Wildman–Crippen MR) is 154 cm³/mol. The molecule has 7 rings (SSSR count). The number of nitrogens with two attached hydrogens (primary N) is 2. The molecule has 2 bridgehead atoms. The number of aromatic amines is 1. The smallest absolute Gasteiger partial charge is 0.382 e. The van der Waals surface area contributed by atoms with Crippen molar-refractivity contribution in [3.63, 3.8) is 0 Å². The summed E-state index contributed by atoms with van der Waals surface area (Å²) in [6.07, 6.45) is -7.10. The van der Waals surface area contributed by atoms with Crippen LogP contribution >= 0.6 is 38.6 Å². The van der Waals surface area contributed by atoms with Crippen molar-refractivity contribution in [1.82, 2.24) is 39.0 Å². The third-order valence-electron chi connectivity index (χ3n) is 7.23. The lowest BCUT2D eigenvalue weighted by molar-refractivity contribution is -0.0436. The van der Waals surface area contributed by atoms with Gasteiger partial charge in [-0.15, -0.1) is 11.8 Å². The number of anilines is 2. The monoisotopic (exact) mass is 710 g/mol. The van der Waals surface area contributed by atoms with E-state index in [1.54, 1.807) is 0 Å². The lowest BCUT2D eigenvalue weighted by Gasteiger charge is -2.26. The van der Waals surface area contributed by atoms with Crippen molar-refractivity contribution in [2.75, 3.05) is 24.7 Å². The van der Waals surface area contributed by atoms with E-state index in [9.17, 15) is 18.8 Å². The van der Waals surface area contributed by atoms with Gasteiger partial charge < -0.3 is 21.1 Å². The molecule has 19 nitrogen and oxygen atoms in total. The van der Waals surface area contributed by atoms with Crippen molar-refractivity contribution in [2.45, 2.75) is 47.5 Å². The first kappa shape index (κ1) is 30.9. The number of aromatic nitrogens is 8. The summed E-state index contributed by atoms with van der Waals surface area (Å²) in [5.74, 6) is -0.229. The molecule has 0 saturated carbocycles. The number of alkyl halides is 2. The molecule has 3 aliphatic heterocycles. The number of nitrogen functional groups attached to an aromatic ring is 2. The number of imidazole rings is 2. The Bertz CT molecular complexity index is 1950. The van der Waals surface area contributed by atoms with Crippen LogP contribution in [0.4, 0.5) is 20.5 Å². The molecule has 6 N–H and O–H groups in total. The van der Waals surface area contributed by atoms with Crippen molar-refractivity contribution in [3.8, 4) is 0 Å². The molecule has 3 fully saturated rings. The molecule has 0 aromatic carbocycles. The van der Waals surface area contributed by atoms with Crippen LogP contribution in [0.2, 0.25) is 0 Å². The molecule has 242 valence electrons. The normalized spacial score (nSPS) is 37.7. The summed E-state index contributed by atoms with van der Waals surface area (Å²) < 4.78 is 87.8. The molecule has 4 aromatic heterocycles. The zero-order chi connectivity index (χ0) is 31.8. The molecule has 3 aliphatic rings. The maximum Gasteiger partial charge on any atom is 0.472 e. The van der Waals surface area contributed by atoms with Crippen molar-refractivity contribution in [2.24, 2.45) is 0 Å². The molecule has 10 atom stereocenters. The summed E-state index contributed by atoms with van der Waals surface area (Å²) in [7, 11) is -5.09. The van der Waals surface area contributed by atoms with Crippen molar-refractivity contribution >= 4 is 72.7 Å². The van der Waals surface area contributed by atoms with Crippen LogP contribution in [0.3, 0.4) is 0 Å². The number of halogens is 2. The van der Waals surface area contributed by atoms with Gasteiger partial charge >= 0.3 is 14.6 Å². The number of phosphoric ester groups is 1. The highest BCUT2D eigenvalue weighted by molar-refractivity contribution is 8.44. The number of H-pyrrole nitrogens is 1. The molecule has 0 aliphatic carbocycles. The molecule has 45 heavy (non-hydrogen) atoms. The van der Waals surface area contributed by atoms with Gasteiger partial charge in [0.25, 0.3) is 5.56 Å². The van der Waals surface area contributed by atoms with Gasteiger partial charge in [0.2, 0.25) is 5.95 Å². The van der Waals surface area contributed by atoms with Crippen LogP contribution in [-0.2, 0) is 32.0 Å². The highest BCUT2D eigenvalue weighted by Gasteiger charge is 2.54. The van der Waals surface area contributed by atoms with E-state index in [-0.39, 0.29) is 34.1 Å². The molecule has 0 amide bonds. The molecular weight excluding hydrogens is 688 g/mol. The Hall–Kier alpha value is -2.72. The summed E-state index contributed by atoms with van der Waals surface area (Å²) in [5.41, 5.74) is 10.9. The molecule has 0 radical (unpaired) electrons. The molecule has 3 saturated heterocycles. The minimum Gasteiger partial charge on any atom is -0.382 e. The molecule has 2 unspecified atom stereocenters. The fourth-order valence-electron chi connectivity index (χ4n) is 5.23. The Kier molecular flexibility index (Phi) is 7.70. The van der Waals surface area contributed by atoms with Gasteiger partial charge in [-0.2, -0.15) is 4.98 Å². The van der Waals surface area contributed by atoms with Gasteiger partial charge in [0, 0.05) is 0 Å². The van der Waals surface area contributed by atoms with Gasteiger partial charge in [-0.1, -0.05) is 12.2 Å². The molecule has 7 heterocycles. The Morgan fingerprint density at radius 1 is 1.00 bits per heavy atom. The van der Waals surface area contributed by atoms with E-state index in [0.717, 1.165) is 18.1 Å². The van der Waals surface area contributed by atoms with Gasteiger partial charge in [-0.05, 0) is 0 Å². The van der Waals surface area contributed by atoms with E-state index in [2.05, 4.69) is 42.2 Å². The average molecular weight is 711 g/mol. The van der Waals surface area contributed by atoms with Gasteiger partial charge in [-0.25, -0.2) is 37.8 Å². The fourth-order valence-corrected chi connectivity index (χ4v) is 9.30. The van der Waals surface area contributed by atoms with E-state index in [1.165, 1.54) is 21.8 Å². The van der Waals surface area contributed by atoms with Gasteiger partial charge in [0.1, 0.15) is 41.7 Å². The van der Waals surface area contributed by atoms with E-state index in [0.29, 0.717) is 0 Å². The fraction of sp³-hybridized carbons (Fsp3) is 0.500. The highest BCUT2D eigenvalue weighted by atomic mass is 32.7. The number of thiol groups is 1. The van der Waals surface area contributed by atoms with Crippen molar-refractivity contribution < 1.29 is 45.6 Å². The zero-order valence-electron chi connectivity index (χ0n) is 22.3. The number of hydrogen-bond acceptors (Lipinski definition) is 16. The van der Waals surface area contributed by atoms with E-state index in [4.69, 9.17) is 34.3 Å². The summed E-state index contributed by atoms with van der Waals surface area (Å²) in [6, 6.07) is 0. The molecule has 4 aromatic rings. The lowest BCUT2D eigenvalue weighted by atomic mass is 10.1. The van der Waals surface area contributed by atoms with Crippen molar-refractivity contribution in [1.29, 1.82) is 0 Å². The van der Waals surface area contributed by atoms with Gasteiger partial charge in [0.15, 0.2) is 35.0 Å². The minimum absolute atomic E-state index is 0.0161. The Morgan fingerprint density at radius 2 is 1.76 bits per heavy atom. The van der Waals surface area contributed by atoms with Crippen LogP contribution in [0, 0.1) is 0 Å². The van der Waals surface area contributed by atoms with E-state index in [1.807, 2.05) is 0 Å².